The lowest BCUT2D eigenvalue weighted by atomic mass is 9.35. The van der Waals surface area contributed by atoms with Gasteiger partial charge in [-0.1, -0.05) is 17.7 Å². The summed E-state index contributed by atoms with van der Waals surface area (Å²) in [6, 6.07) is 7.83. The number of nitrogens with zero attached hydrogens (tertiary/aromatic N) is 2. The molecule has 1 atom stereocenters. The molecule has 0 bridgehead atoms. The maximum Gasteiger partial charge on any atom is 0.253 e. The van der Waals surface area contributed by atoms with Crippen LogP contribution in [0.3, 0.4) is 0 Å². The molecule has 1 N–H and O–H groups in total. The van der Waals surface area contributed by atoms with Gasteiger partial charge in [-0.25, -0.2) is 8.78 Å². The Balaban J connectivity index is 1.74. The second kappa shape index (κ2) is 8.62. The molecule has 2 heterocycles. The van der Waals surface area contributed by atoms with E-state index < -0.39 is 22.0 Å². The van der Waals surface area contributed by atoms with Gasteiger partial charge in [0.2, 0.25) is 0 Å². The molecule has 1 aromatic heterocycles. The zero-order valence-corrected chi connectivity index (χ0v) is 19.5. The first kappa shape index (κ1) is 23.9. The fourth-order valence-electron chi connectivity index (χ4n) is 4.51. The van der Waals surface area contributed by atoms with Gasteiger partial charge in [-0.3, -0.25) is 9.78 Å². The van der Waals surface area contributed by atoms with Gasteiger partial charge in [-0.15, -0.1) is 0 Å². The summed E-state index contributed by atoms with van der Waals surface area (Å²) < 4.78 is 30.0. The van der Waals surface area contributed by atoms with Gasteiger partial charge < -0.3 is 10.2 Å². The highest BCUT2D eigenvalue weighted by atomic mass is 35.5. The van der Waals surface area contributed by atoms with Crippen LogP contribution in [-0.2, 0) is 6.54 Å². The third kappa shape index (κ3) is 4.70. The number of aromatic nitrogens is 1. The zero-order chi connectivity index (χ0) is 23.0. The van der Waals surface area contributed by atoms with Crippen molar-refractivity contribution in [2.75, 3.05) is 13.1 Å². The largest absolute Gasteiger partial charge is 0.339 e. The van der Waals surface area contributed by atoms with Crippen LogP contribution in [0.4, 0.5) is 8.78 Å². The Bertz CT molecular complexity index is 977. The molecule has 160 valence electrons. The van der Waals surface area contributed by atoms with E-state index in [9.17, 15) is 9.18 Å². The summed E-state index contributed by atoms with van der Waals surface area (Å²) in [5.41, 5.74) is 0.657. The number of benzene rings is 1. The highest BCUT2D eigenvalue weighted by Crippen LogP contribution is 2.48. The normalized spacial score (nSPS) is 21.1. The second-order valence-corrected chi connectivity index (χ2v) is 10.0. The van der Waals surface area contributed by atoms with E-state index in [2.05, 4.69) is 10.3 Å². The standard InChI is InChI=1S/C20H26B4ClF2N3O/c1-12-2-4-14(28-9-12)10-29-20(23,24)18(27)6-7-30(11-19(18,21)22)17(31)13-3-5-16(26)15(25)8-13/h2-5,8-9,29H,6-7,10-11,21-24H2,1H3. The van der Waals surface area contributed by atoms with Crippen molar-refractivity contribution in [3.8, 4) is 0 Å². The van der Waals surface area contributed by atoms with Crippen molar-refractivity contribution in [2.24, 2.45) is 0 Å². The van der Waals surface area contributed by atoms with E-state index in [-0.39, 0.29) is 30.4 Å². The Morgan fingerprint density at radius 3 is 2.61 bits per heavy atom. The average Bonchev–Trinajstić information content (AvgIpc) is 2.71. The number of nitrogens with one attached hydrogen (secondary N) is 1. The second-order valence-electron chi connectivity index (χ2n) is 9.60. The lowest BCUT2D eigenvalue weighted by Crippen LogP contribution is -2.71. The van der Waals surface area contributed by atoms with Crippen LogP contribution in [0.5, 0.6) is 0 Å². The van der Waals surface area contributed by atoms with Gasteiger partial charge in [-0.2, -0.15) is 0 Å². The molecule has 1 aromatic carbocycles. The number of carbonyl (C=O) groups excluding carboxylic acids is 1. The van der Waals surface area contributed by atoms with Gasteiger partial charge in [0.05, 0.1) is 10.7 Å². The molecule has 1 aliphatic heterocycles. The maximum atomic E-state index is 16.6. The van der Waals surface area contributed by atoms with Crippen molar-refractivity contribution in [3.05, 3.63) is 64.2 Å². The number of amides is 1. The number of halogens is 3. The van der Waals surface area contributed by atoms with Crippen LogP contribution in [0, 0.1) is 12.7 Å². The lowest BCUT2D eigenvalue weighted by molar-refractivity contribution is 0.0183. The molecule has 1 unspecified atom stereocenters. The number of rotatable bonds is 5. The van der Waals surface area contributed by atoms with Gasteiger partial charge in [0, 0.05) is 31.4 Å². The number of carbonyl (C=O) groups is 1. The lowest BCUT2D eigenvalue weighted by Gasteiger charge is -2.56. The smallest absolute Gasteiger partial charge is 0.253 e. The minimum absolute atomic E-state index is 0.1000. The van der Waals surface area contributed by atoms with Crippen molar-refractivity contribution in [3.63, 3.8) is 0 Å². The highest BCUT2D eigenvalue weighted by Gasteiger charge is 2.57. The zero-order valence-electron chi connectivity index (χ0n) is 18.7. The van der Waals surface area contributed by atoms with Crippen LogP contribution in [-0.4, -0.2) is 71.3 Å². The third-order valence-corrected chi connectivity index (χ3v) is 6.80. The van der Waals surface area contributed by atoms with E-state index in [0.717, 1.165) is 11.3 Å². The third-order valence-electron chi connectivity index (χ3n) is 6.51. The maximum absolute atomic E-state index is 16.6. The molecule has 0 radical (unpaired) electrons. The molecular formula is C20H26B4ClF2N3O. The first-order chi connectivity index (χ1) is 14.4. The molecule has 1 aliphatic rings. The number of alkyl halides is 1. The summed E-state index contributed by atoms with van der Waals surface area (Å²) in [6.45, 7) is 2.93. The van der Waals surface area contributed by atoms with Crippen LogP contribution in [0.2, 0.25) is 10.2 Å². The van der Waals surface area contributed by atoms with Crippen molar-refractivity contribution in [1.82, 2.24) is 15.2 Å². The van der Waals surface area contributed by atoms with E-state index >= 15 is 4.39 Å². The minimum atomic E-state index is -1.57. The Morgan fingerprint density at radius 2 is 2.03 bits per heavy atom. The molecule has 11 heteroatoms. The summed E-state index contributed by atoms with van der Waals surface area (Å²) >= 11 is 5.83. The fourth-order valence-corrected chi connectivity index (χ4v) is 4.69. The Hall–Kier alpha value is -1.79. The Kier molecular flexibility index (Phi) is 6.64. The quantitative estimate of drug-likeness (QED) is 0.656. The minimum Gasteiger partial charge on any atom is -0.339 e. The number of hydrogen-bond acceptors (Lipinski definition) is 3. The summed E-state index contributed by atoms with van der Waals surface area (Å²) in [4.78, 5) is 19.0. The van der Waals surface area contributed by atoms with Gasteiger partial charge in [0.15, 0.2) is 0 Å². The SMILES string of the molecule is BC1(B)CN(C(=O)c2ccc(F)c(Cl)c2)CCC1(F)C(B)(B)NCc1ccc(C)cn1. The molecule has 1 fully saturated rings. The number of aryl methyl sites for hydroxylation is 1. The molecule has 4 nitrogen and oxygen atoms in total. The predicted molar refractivity (Wildman–Crippen MR) is 131 cm³/mol. The molecular weight excluding hydrogens is 415 g/mol. The summed E-state index contributed by atoms with van der Waals surface area (Å²) in [5.74, 6) is -0.845. The van der Waals surface area contributed by atoms with E-state index in [1.165, 1.54) is 18.2 Å². The topological polar surface area (TPSA) is 45.2 Å². The van der Waals surface area contributed by atoms with Crippen LogP contribution < -0.4 is 5.32 Å². The molecule has 0 aliphatic carbocycles. The van der Waals surface area contributed by atoms with Gasteiger partial charge >= 0.3 is 0 Å². The Labute approximate surface area is 191 Å². The molecule has 0 saturated carbocycles. The molecule has 1 amide bonds. The molecule has 3 rings (SSSR count). The molecule has 2 aromatic rings. The van der Waals surface area contributed by atoms with Gasteiger partial charge in [0.1, 0.15) is 42.9 Å². The first-order valence-corrected chi connectivity index (χ1v) is 10.8. The summed E-state index contributed by atoms with van der Waals surface area (Å²) in [7, 11) is 7.41. The van der Waals surface area contributed by atoms with E-state index in [0.29, 0.717) is 12.1 Å². The predicted octanol–water partition coefficient (Wildman–Crippen LogP) is -0.171. The van der Waals surface area contributed by atoms with E-state index in [4.69, 9.17) is 11.6 Å². The van der Waals surface area contributed by atoms with Crippen LogP contribution >= 0.6 is 11.6 Å². The molecule has 31 heavy (non-hydrogen) atoms. The van der Waals surface area contributed by atoms with Crippen LogP contribution in [0.1, 0.15) is 28.0 Å². The van der Waals surface area contributed by atoms with Gasteiger partial charge in [0.25, 0.3) is 5.91 Å². The first-order valence-electron chi connectivity index (χ1n) is 10.5. The number of hydrogen-bond donors (Lipinski definition) is 1. The van der Waals surface area contributed by atoms with Crippen molar-refractivity contribution in [1.29, 1.82) is 0 Å². The average molecular weight is 441 g/mol. The molecule has 1 saturated heterocycles. The number of likely N-dealkylation sites (tertiary alicyclic amines) is 1. The van der Waals surface area contributed by atoms with Gasteiger partial charge in [-0.05, 0) is 53.7 Å². The highest BCUT2D eigenvalue weighted by molar-refractivity contribution is 6.46. The monoisotopic (exact) mass is 441 g/mol. The Morgan fingerprint density at radius 1 is 1.32 bits per heavy atom. The van der Waals surface area contributed by atoms with Crippen molar-refractivity contribution < 1.29 is 13.6 Å². The van der Waals surface area contributed by atoms with E-state index in [1.54, 1.807) is 11.1 Å². The van der Waals surface area contributed by atoms with Crippen molar-refractivity contribution in [2.45, 2.75) is 36.1 Å². The number of piperidine rings is 1. The summed E-state index contributed by atoms with van der Waals surface area (Å²) in [6.07, 6.45) is 1.98. The van der Waals surface area contributed by atoms with E-state index in [1.807, 2.05) is 50.4 Å². The summed E-state index contributed by atoms with van der Waals surface area (Å²) in [5, 5.41) is 1.58. The van der Waals surface area contributed by atoms with Crippen LogP contribution in [0.25, 0.3) is 0 Å². The fraction of sp³-hybridized carbons (Fsp3) is 0.400. The van der Waals surface area contributed by atoms with Crippen LogP contribution in [0.15, 0.2) is 36.5 Å². The number of pyridine rings is 1. The molecule has 0 spiro atoms. The van der Waals surface area contributed by atoms with Crippen molar-refractivity contribution >= 4 is 48.9 Å².